The summed E-state index contributed by atoms with van der Waals surface area (Å²) < 4.78 is 14.4. The first-order valence-corrected chi connectivity index (χ1v) is 7.43. The molecule has 3 nitrogen and oxygen atoms in total. The summed E-state index contributed by atoms with van der Waals surface area (Å²) >= 11 is 3.19. The van der Waals surface area contributed by atoms with Crippen LogP contribution in [0, 0.1) is 5.82 Å². The number of piperidine rings is 1. The predicted molar refractivity (Wildman–Crippen MR) is 74.5 cm³/mol. The summed E-state index contributed by atoms with van der Waals surface area (Å²) in [5, 5.41) is 6.48. The van der Waals surface area contributed by atoms with Crippen molar-refractivity contribution in [3.8, 4) is 0 Å². The van der Waals surface area contributed by atoms with Crippen molar-refractivity contribution in [2.75, 3.05) is 0 Å². The molecular weight excluding hydrogens is 311 g/mol. The van der Waals surface area contributed by atoms with Gasteiger partial charge >= 0.3 is 0 Å². The van der Waals surface area contributed by atoms with Crippen LogP contribution in [0.1, 0.15) is 36.0 Å². The normalized spacial score (nSPS) is 29.3. The lowest BCUT2D eigenvalue weighted by atomic mass is 9.99. The first-order chi connectivity index (χ1) is 9.11. The number of hydrogen-bond donors (Lipinski definition) is 2. The Hall–Kier alpha value is -0.940. The van der Waals surface area contributed by atoms with Crippen molar-refractivity contribution in [3.05, 3.63) is 34.1 Å². The van der Waals surface area contributed by atoms with Gasteiger partial charge in [-0.3, -0.25) is 4.79 Å². The van der Waals surface area contributed by atoms with Crippen LogP contribution in [0.2, 0.25) is 0 Å². The molecule has 0 radical (unpaired) electrons. The largest absolute Gasteiger partial charge is 0.349 e. The fourth-order valence-electron chi connectivity index (χ4n) is 3.11. The zero-order chi connectivity index (χ0) is 13.4. The first-order valence-electron chi connectivity index (χ1n) is 6.64. The maximum Gasteiger partial charge on any atom is 0.254 e. The third kappa shape index (κ3) is 2.82. The molecule has 2 heterocycles. The summed E-state index contributed by atoms with van der Waals surface area (Å²) in [6.07, 6.45) is 4.26. The van der Waals surface area contributed by atoms with Gasteiger partial charge in [-0.05, 0) is 43.9 Å². The van der Waals surface area contributed by atoms with E-state index in [0.717, 1.165) is 12.8 Å². The van der Waals surface area contributed by atoms with Gasteiger partial charge < -0.3 is 10.6 Å². The molecule has 0 saturated carbocycles. The van der Waals surface area contributed by atoms with Crippen LogP contribution in [0.4, 0.5) is 4.39 Å². The average molecular weight is 327 g/mol. The van der Waals surface area contributed by atoms with Crippen LogP contribution in [-0.2, 0) is 0 Å². The second kappa shape index (κ2) is 5.21. The smallest absolute Gasteiger partial charge is 0.254 e. The van der Waals surface area contributed by atoms with Gasteiger partial charge in [0.1, 0.15) is 5.82 Å². The molecule has 102 valence electrons. The molecule has 2 aliphatic heterocycles. The van der Waals surface area contributed by atoms with Crippen molar-refractivity contribution < 1.29 is 9.18 Å². The molecule has 5 heteroatoms. The Morgan fingerprint density at radius 3 is 2.63 bits per heavy atom. The third-order valence-electron chi connectivity index (χ3n) is 3.98. The number of rotatable bonds is 2. The fraction of sp³-hybridized carbons (Fsp3) is 0.500. The van der Waals surface area contributed by atoms with E-state index in [1.807, 2.05) is 0 Å². The average Bonchev–Trinajstić information content (AvgIpc) is 2.68. The zero-order valence-electron chi connectivity index (χ0n) is 10.5. The van der Waals surface area contributed by atoms with Crippen molar-refractivity contribution in [2.24, 2.45) is 0 Å². The lowest BCUT2D eigenvalue weighted by Gasteiger charge is -2.29. The van der Waals surface area contributed by atoms with Gasteiger partial charge in [0.05, 0.1) is 5.56 Å². The Morgan fingerprint density at radius 1 is 1.32 bits per heavy atom. The predicted octanol–water partition coefficient (Wildman–Crippen LogP) is 2.60. The van der Waals surface area contributed by atoms with Crippen molar-refractivity contribution in [1.82, 2.24) is 10.6 Å². The molecule has 0 aromatic heterocycles. The molecular formula is C14H16BrFN2O. The highest BCUT2D eigenvalue weighted by molar-refractivity contribution is 9.10. The number of fused-ring (bicyclic) bond motifs is 2. The molecule has 2 saturated heterocycles. The van der Waals surface area contributed by atoms with Crippen LogP contribution in [-0.4, -0.2) is 24.0 Å². The maximum absolute atomic E-state index is 13.7. The molecule has 19 heavy (non-hydrogen) atoms. The number of amides is 1. The number of carbonyl (C=O) groups excluding carboxylic acids is 1. The summed E-state index contributed by atoms with van der Waals surface area (Å²) in [6, 6.07) is 5.71. The van der Waals surface area contributed by atoms with E-state index in [2.05, 4.69) is 26.6 Å². The molecule has 0 aliphatic carbocycles. The summed E-state index contributed by atoms with van der Waals surface area (Å²) in [5.74, 6) is -0.792. The molecule has 3 rings (SSSR count). The summed E-state index contributed by atoms with van der Waals surface area (Å²) in [4.78, 5) is 12.1. The lowest BCUT2D eigenvalue weighted by molar-refractivity contribution is 0.0920. The van der Waals surface area contributed by atoms with Gasteiger partial charge in [-0.2, -0.15) is 0 Å². The highest BCUT2D eigenvalue weighted by Gasteiger charge is 2.34. The molecule has 1 amide bonds. The molecule has 2 atom stereocenters. The van der Waals surface area contributed by atoms with Crippen molar-refractivity contribution in [3.63, 3.8) is 0 Å². The van der Waals surface area contributed by atoms with Gasteiger partial charge in [0.25, 0.3) is 5.91 Å². The summed E-state index contributed by atoms with van der Waals surface area (Å²) in [7, 11) is 0. The van der Waals surface area contributed by atoms with Crippen molar-refractivity contribution in [2.45, 2.75) is 43.8 Å². The van der Waals surface area contributed by atoms with Gasteiger partial charge in [0.2, 0.25) is 0 Å². The molecule has 0 spiro atoms. The SMILES string of the molecule is O=C(NC1CC2CCC(C1)N2)c1ccc(Br)cc1F. The Kier molecular flexibility index (Phi) is 3.58. The Balaban J connectivity index is 1.68. The number of halogens is 2. The maximum atomic E-state index is 13.7. The Labute approximate surface area is 120 Å². The number of benzene rings is 1. The van der Waals surface area contributed by atoms with Crippen LogP contribution in [0.25, 0.3) is 0 Å². The number of hydrogen-bond acceptors (Lipinski definition) is 2. The highest BCUT2D eigenvalue weighted by atomic mass is 79.9. The van der Waals surface area contributed by atoms with E-state index in [4.69, 9.17) is 0 Å². The van der Waals surface area contributed by atoms with E-state index in [0.29, 0.717) is 16.6 Å². The lowest BCUT2D eigenvalue weighted by Crippen LogP contribution is -2.48. The van der Waals surface area contributed by atoms with Crippen LogP contribution in [0.3, 0.4) is 0 Å². The first kappa shape index (κ1) is 13.1. The summed E-state index contributed by atoms with van der Waals surface area (Å²) in [5.41, 5.74) is 0.120. The second-order valence-electron chi connectivity index (χ2n) is 5.40. The minimum atomic E-state index is -0.483. The van der Waals surface area contributed by atoms with E-state index >= 15 is 0 Å². The molecule has 2 unspecified atom stereocenters. The van der Waals surface area contributed by atoms with E-state index in [-0.39, 0.29) is 17.5 Å². The standard InChI is InChI=1S/C14H16BrFN2O/c15-8-1-4-12(13(16)5-8)14(19)18-11-6-9-2-3-10(7-11)17-9/h1,4-5,9-11,17H,2-3,6-7H2,(H,18,19). The van der Waals surface area contributed by atoms with Crippen LogP contribution in [0.15, 0.2) is 22.7 Å². The van der Waals surface area contributed by atoms with Crippen LogP contribution >= 0.6 is 15.9 Å². The van der Waals surface area contributed by atoms with Gasteiger partial charge in [-0.25, -0.2) is 4.39 Å². The van der Waals surface area contributed by atoms with E-state index in [1.54, 1.807) is 6.07 Å². The van der Waals surface area contributed by atoms with Gasteiger partial charge in [-0.15, -0.1) is 0 Å². The van der Waals surface area contributed by atoms with E-state index in [9.17, 15) is 9.18 Å². The summed E-state index contributed by atoms with van der Waals surface area (Å²) in [6.45, 7) is 0. The van der Waals surface area contributed by atoms with Crippen LogP contribution in [0.5, 0.6) is 0 Å². The number of carbonyl (C=O) groups is 1. The zero-order valence-corrected chi connectivity index (χ0v) is 12.0. The minimum absolute atomic E-state index is 0.120. The van der Waals surface area contributed by atoms with E-state index in [1.165, 1.54) is 25.0 Å². The Bertz CT molecular complexity index is 496. The Morgan fingerprint density at radius 2 is 2.00 bits per heavy atom. The van der Waals surface area contributed by atoms with Crippen LogP contribution < -0.4 is 10.6 Å². The topological polar surface area (TPSA) is 41.1 Å². The molecule has 2 bridgehead atoms. The van der Waals surface area contributed by atoms with E-state index < -0.39 is 5.82 Å². The van der Waals surface area contributed by atoms with Crippen molar-refractivity contribution >= 4 is 21.8 Å². The molecule has 2 fully saturated rings. The minimum Gasteiger partial charge on any atom is -0.349 e. The highest BCUT2D eigenvalue weighted by Crippen LogP contribution is 2.27. The number of nitrogens with one attached hydrogen (secondary N) is 2. The second-order valence-corrected chi connectivity index (χ2v) is 6.32. The molecule has 1 aromatic carbocycles. The van der Waals surface area contributed by atoms with Gasteiger partial charge in [0.15, 0.2) is 0 Å². The quantitative estimate of drug-likeness (QED) is 0.877. The van der Waals surface area contributed by atoms with Gasteiger partial charge in [-0.1, -0.05) is 15.9 Å². The molecule has 2 N–H and O–H groups in total. The van der Waals surface area contributed by atoms with Gasteiger partial charge in [0, 0.05) is 22.6 Å². The fourth-order valence-corrected chi connectivity index (χ4v) is 3.45. The molecule has 1 aromatic rings. The van der Waals surface area contributed by atoms with Crippen molar-refractivity contribution in [1.29, 1.82) is 0 Å². The monoisotopic (exact) mass is 326 g/mol. The molecule has 2 aliphatic rings. The third-order valence-corrected chi connectivity index (χ3v) is 4.48.